The third-order valence-electron chi connectivity index (χ3n) is 4.43. The Kier molecular flexibility index (Phi) is 6.59. The lowest BCUT2D eigenvalue weighted by atomic mass is 10.2. The van der Waals surface area contributed by atoms with Crippen LogP contribution in [-0.2, 0) is 11.3 Å². The highest BCUT2D eigenvalue weighted by Crippen LogP contribution is 2.17. The van der Waals surface area contributed by atoms with E-state index in [1.807, 2.05) is 6.07 Å². The highest BCUT2D eigenvalue weighted by molar-refractivity contribution is 5.48. The van der Waals surface area contributed by atoms with E-state index in [4.69, 9.17) is 4.74 Å². The summed E-state index contributed by atoms with van der Waals surface area (Å²) in [4.78, 5) is 13.6. The molecule has 0 amide bonds. The summed E-state index contributed by atoms with van der Waals surface area (Å²) in [7, 11) is 1.72. The van der Waals surface area contributed by atoms with Crippen LogP contribution < -0.4 is 10.2 Å². The Hall–Kier alpha value is -2.18. The van der Waals surface area contributed by atoms with Gasteiger partial charge in [0.05, 0.1) is 0 Å². The Labute approximate surface area is 149 Å². The Morgan fingerprint density at radius 2 is 1.88 bits per heavy atom. The van der Waals surface area contributed by atoms with Gasteiger partial charge in [0.2, 0.25) is 0 Å². The molecule has 6 nitrogen and oxygen atoms in total. The Morgan fingerprint density at radius 1 is 1.08 bits per heavy atom. The molecule has 6 heteroatoms. The predicted octanol–water partition coefficient (Wildman–Crippen LogP) is 2.25. The molecule has 0 atom stereocenters. The van der Waals surface area contributed by atoms with Crippen LogP contribution in [-0.4, -0.2) is 61.3 Å². The van der Waals surface area contributed by atoms with Crippen molar-refractivity contribution in [3.8, 4) is 0 Å². The zero-order chi connectivity index (χ0) is 17.3. The van der Waals surface area contributed by atoms with E-state index in [-0.39, 0.29) is 0 Å². The van der Waals surface area contributed by atoms with Crippen LogP contribution in [0.3, 0.4) is 0 Å². The number of methoxy groups -OCH3 is 1. The van der Waals surface area contributed by atoms with Crippen molar-refractivity contribution in [3.63, 3.8) is 0 Å². The molecule has 2 aromatic rings. The first-order valence-corrected chi connectivity index (χ1v) is 8.91. The molecule has 1 N–H and O–H groups in total. The van der Waals surface area contributed by atoms with Gasteiger partial charge in [0.1, 0.15) is 18.0 Å². The SMILES string of the molecule is COCCCNc1cc(N2CCN(Cc3ccccc3)CC2)ncn1. The molecule has 0 radical (unpaired) electrons. The van der Waals surface area contributed by atoms with E-state index in [0.717, 1.165) is 63.9 Å². The van der Waals surface area contributed by atoms with Crippen molar-refractivity contribution in [2.24, 2.45) is 0 Å². The quantitative estimate of drug-likeness (QED) is 0.743. The molecule has 1 aliphatic heterocycles. The summed E-state index contributed by atoms with van der Waals surface area (Å²) in [6.07, 6.45) is 2.61. The number of hydrogen-bond acceptors (Lipinski definition) is 6. The molecule has 0 aliphatic carbocycles. The van der Waals surface area contributed by atoms with Crippen molar-refractivity contribution in [2.45, 2.75) is 13.0 Å². The molecule has 1 fully saturated rings. The van der Waals surface area contributed by atoms with Gasteiger partial charge in [0, 0.05) is 59.1 Å². The molecule has 25 heavy (non-hydrogen) atoms. The molecular formula is C19H27N5O. The van der Waals surface area contributed by atoms with Crippen molar-refractivity contribution >= 4 is 11.6 Å². The maximum absolute atomic E-state index is 5.07. The summed E-state index contributed by atoms with van der Waals surface area (Å²) >= 11 is 0. The number of nitrogens with one attached hydrogen (secondary N) is 1. The third-order valence-corrected chi connectivity index (χ3v) is 4.43. The predicted molar refractivity (Wildman–Crippen MR) is 101 cm³/mol. The van der Waals surface area contributed by atoms with Gasteiger partial charge >= 0.3 is 0 Å². The minimum Gasteiger partial charge on any atom is -0.385 e. The zero-order valence-electron chi connectivity index (χ0n) is 14.9. The van der Waals surface area contributed by atoms with E-state index in [0.29, 0.717) is 0 Å². The summed E-state index contributed by atoms with van der Waals surface area (Å²) in [6, 6.07) is 12.7. The highest BCUT2D eigenvalue weighted by Gasteiger charge is 2.18. The number of nitrogens with zero attached hydrogens (tertiary/aromatic N) is 4. The van der Waals surface area contributed by atoms with Crippen molar-refractivity contribution < 1.29 is 4.74 Å². The minimum atomic E-state index is 0.758. The molecule has 2 heterocycles. The van der Waals surface area contributed by atoms with Crippen molar-refractivity contribution in [1.82, 2.24) is 14.9 Å². The van der Waals surface area contributed by atoms with Gasteiger partial charge in [-0.15, -0.1) is 0 Å². The van der Waals surface area contributed by atoms with Crippen LogP contribution in [0, 0.1) is 0 Å². The number of benzene rings is 1. The topological polar surface area (TPSA) is 53.5 Å². The molecule has 0 spiro atoms. The van der Waals surface area contributed by atoms with Gasteiger partial charge in [-0.3, -0.25) is 4.90 Å². The summed E-state index contributed by atoms with van der Waals surface area (Å²) in [5.41, 5.74) is 1.38. The fourth-order valence-electron chi connectivity index (χ4n) is 3.03. The number of piperazine rings is 1. The van der Waals surface area contributed by atoms with Gasteiger partial charge in [-0.2, -0.15) is 0 Å². The Balaban J connectivity index is 1.49. The lowest BCUT2D eigenvalue weighted by molar-refractivity contribution is 0.198. The van der Waals surface area contributed by atoms with Crippen LogP contribution in [0.2, 0.25) is 0 Å². The normalized spacial score (nSPS) is 15.3. The summed E-state index contributed by atoms with van der Waals surface area (Å²) in [6.45, 7) is 6.72. The molecule has 1 aliphatic rings. The van der Waals surface area contributed by atoms with E-state index in [9.17, 15) is 0 Å². The van der Waals surface area contributed by atoms with Gasteiger partial charge in [0.15, 0.2) is 0 Å². The van der Waals surface area contributed by atoms with Crippen LogP contribution in [0.15, 0.2) is 42.7 Å². The molecular weight excluding hydrogens is 314 g/mol. The van der Waals surface area contributed by atoms with Crippen molar-refractivity contribution in [3.05, 3.63) is 48.3 Å². The first-order chi connectivity index (χ1) is 12.3. The third kappa shape index (κ3) is 5.41. The number of anilines is 2. The van der Waals surface area contributed by atoms with Gasteiger partial charge < -0.3 is 15.0 Å². The number of ether oxygens (including phenoxy) is 1. The molecule has 134 valence electrons. The van der Waals surface area contributed by atoms with E-state index >= 15 is 0 Å². The van der Waals surface area contributed by atoms with Gasteiger partial charge in [-0.1, -0.05) is 30.3 Å². The zero-order valence-corrected chi connectivity index (χ0v) is 14.9. The molecule has 1 aromatic heterocycles. The van der Waals surface area contributed by atoms with E-state index < -0.39 is 0 Å². The van der Waals surface area contributed by atoms with Crippen LogP contribution in [0.4, 0.5) is 11.6 Å². The largest absolute Gasteiger partial charge is 0.385 e. The number of aromatic nitrogens is 2. The van der Waals surface area contributed by atoms with Crippen molar-refractivity contribution in [1.29, 1.82) is 0 Å². The molecule has 0 bridgehead atoms. The monoisotopic (exact) mass is 341 g/mol. The maximum atomic E-state index is 5.07. The summed E-state index contributed by atoms with van der Waals surface area (Å²) in [5.74, 6) is 1.89. The molecule has 0 unspecified atom stereocenters. The fourth-order valence-corrected chi connectivity index (χ4v) is 3.03. The average Bonchev–Trinajstić information content (AvgIpc) is 2.67. The molecule has 1 saturated heterocycles. The maximum Gasteiger partial charge on any atom is 0.134 e. The first-order valence-electron chi connectivity index (χ1n) is 8.91. The van der Waals surface area contributed by atoms with E-state index in [1.165, 1.54) is 5.56 Å². The minimum absolute atomic E-state index is 0.758. The Morgan fingerprint density at radius 3 is 2.64 bits per heavy atom. The summed E-state index contributed by atoms with van der Waals surface area (Å²) < 4.78 is 5.07. The second-order valence-corrected chi connectivity index (χ2v) is 6.28. The highest BCUT2D eigenvalue weighted by atomic mass is 16.5. The van der Waals surface area contributed by atoms with Gasteiger partial charge in [-0.05, 0) is 12.0 Å². The second-order valence-electron chi connectivity index (χ2n) is 6.28. The average molecular weight is 341 g/mol. The van der Waals surface area contributed by atoms with Crippen LogP contribution in [0.1, 0.15) is 12.0 Å². The van der Waals surface area contributed by atoms with E-state index in [1.54, 1.807) is 13.4 Å². The lowest BCUT2D eigenvalue weighted by Gasteiger charge is -2.35. The fraction of sp³-hybridized carbons (Fsp3) is 0.474. The summed E-state index contributed by atoms with van der Waals surface area (Å²) in [5, 5.41) is 3.33. The van der Waals surface area contributed by atoms with Gasteiger partial charge in [0.25, 0.3) is 0 Å². The van der Waals surface area contributed by atoms with Crippen LogP contribution in [0.25, 0.3) is 0 Å². The van der Waals surface area contributed by atoms with E-state index in [2.05, 4.69) is 55.4 Å². The van der Waals surface area contributed by atoms with Crippen LogP contribution >= 0.6 is 0 Å². The van der Waals surface area contributed by atoms with Crippen molar-refractivity contribution in [2.75, 3.05) is 56.7 Å². The molecule has 0 saturated carbocycles. The van der Waals surface area contributed by atoms with Gasteiger partial charge in [-0.25, -0.2) is 9.97 Å². The molecule has 1 aromatic carbocycles. The first kappa shape index (κ1) is 17.6. The standard InChI is InChI=1S/C19H27N5O/c1-25-13-5-8-20-18-14-19(22-16-21-18)24-11-9-23(10-12-24)15-17-6-3-2-4-7-17/h2-4,6-7,14,16H,5,8-13,15H2,1H3,(H,20,21,22). The smallest absolute Gasteiger partial charge is 0.134 e. The second kappa shape index (κ2) is 9.34. The molecule has 3 rings (SSSR count). The lowest BCUT2D eigenvalue weighted by Crippen LogP contribution is -2.46. The number of hydrogen-bond donors (Lipinski definition) is 1. The Bertz CT molecular complexity index is 629. The van der Waals surface area contributed by atoms with Crippen LogP contribution in [0.5, 0.6) is 0 Å². The number of rotatable bonds is 8.